The molecule has 0 radical (unpaired) electrons. The Morgan fingerprint density at radius 1 is 1.69 bits per heavy atom. The average Bonchev–Trinajstić information content (AvgIpc) is 2.52. The van der Waals surface area contributed by atoms with E-state index in [-0.39, 0.29) is 6.54 Å². The maximum atomic E-state index is 9.92. The highest BCUT2D eigenvalue weighted by Crippen LogP contribution is 2.13. The molecule has 3 N–H and O–H groups in total. The molecule has 0 saturated heterocycles. The Kier molecular flexibility index (Phi) is 3.00. The van der Waals surface area contributed by atoms with E-state index in [1.807, 2.05) is 6.92 Å². The van der Waals surface area contributed by atoms with Gasteiger partial charge in [-0.25, -0.2) is 4.98 Å². The maximum Gasteiger partial charge on any atom is 0.138 e. The minimum atomic E-state index is -0.846. The number of nitrogens with zero attached hydrogens (tertiary/aromatic N) is 3. The third-order valence-electron chi connectivity index (χ3n) is 2.33. The molecule has 0 bridgehead atoms. The van der Waals surface area contributed by atoms with Gasteiger partial charge in [0.1, 0.15) is 12.2 Å². The fourth-order valence-corrected chi connectivity index (χ4v) is 1.12. The van der Waals surface area contributed by atoms with Gasteiger partial charge < -0.3 is 10.8 Å². The van der Waals surface area contributed by atoms with Crippen LogP contribution in [-0.2, 0) is 13.5 Å². The number of rotatable bonds is 4. The van der Waals surface area contributed by atoms with Crippen LogP contribution in [0.3, 0.4) is 0 Å². The second kappa shape index (κ2) is 3.85. The van der Waals surface area contributed by atoms with E-state index >= 15 is 0 Å². The van der Waals surface area contributed by atoms with E-state index in [4.69, 9.17) is 5.73 Å². The van der Waals surface area contributed by atoms with Crippen LogP contribution >= 0.6 is 0 Å². The quantitative estimate of drug-likeness (QED) is 0.658. The average molecular weight is 184 g/mol. The first-order chi connectivity index (χ1) is 6.11. The van der Waals surface area contributed by atoms with Crippen molar-refractivity contribution in [3.05, 3.63) is 12.2 Å². The standard InChI is InChI=1S/C8H16N4O/c1-3-8(13,5-9)4-7-10-6-11-12(7)2/h6,13H,3-5,9H2,1-2H3. The van der Waals surface area contributed by atoms with Crippen molar-refractivity contribution in [2.45, 2.75) is 25.4 Å². The van der Waals surface area contributed by atoms with E-state index in [0.717, 1.165) is 5.82 Å². The highest BCUT2D eigenvalue weighted by atomic mass is 16.3. The van der Waals surface area contributed by atoms with Gasteiger partial charge in [0.25, 0.3) is 0 Å². The summed E-state index contributed by atoms with van der Waals surface area (Å²) in [5.74, 6) is 0.759. The molecule has 1 heterocycles. The van der Waals surface area contributed by atoms with Crippen LogP contribution in [0.4, 0.5) is 0 Å². The van der Waals surface area contributed by atoms with E-state index < -0.39 is 5.60 Å². The minimum Gasteiger partial charge on any atom is -0.388 e. The lowest BCUT2D eigenvalue weighted by molar-refractivity contribution is 0.0428. The number of aryl methyl sites for hydroxylation is 1. The third kappa shape index (κ3) is 2.26. The number of aromatic nitrogens is 3. The van der Waals surface area contributed by atoms with Crippen molar-refractivity contribution in [3.63, 3.8) is 0 Å². The summed E-state index contributed by atoms with van der Waals surface area (Å²) < 4.78 is 1.65. The summed E-state index contributed by atoms with van der Waals surface area (Å²) >= 11 is 0. The van der Waals surface area contributed by atoms with Gasteiger partial charge >= 0.3 is 0 Å². The Morgan fingerprint density at radius 3 is 2.77 bits per heavy atom. The molecular weight excluding hydrogens is 168 g/mol. The van der Waals surface area contributed by atoms with Gasteiger partial charge in [-0.2, -0.15) is 5.10 Å². The number of hydrogen-bond acceptors (Lipinski definition) is 4. The normalized spacial score (nSPS) is 15.7. The van der Waals surface area contributed by atoms with Gasteiger partial charge in [0.05, 0.1) is 5.60 Å². The van der Waals surface area contributed by atoms with E-state index in [9.17, 15) is 5.11 Å². The van der Waals surface area contributed by atoms with Gasteiger partial charge in [-0.1, -0.05) is 6.92 Å². The number of nitrogens with two attached hydrogens (primary N) is 1. The van der Waals surface area contributed by atoms with Crippen LogP contribution < -0.4 is 5.73 Å². The first kappa shape index (κ1) is 10.1. The van der Waals surface area contributed by atoms with Gasteiger partial charge in [-0.3, -0.25) is 4.68 Å². The van der Waals surface area contributed by atoms with Crippen molar-refractivity contribution in [3.8, 4) is 0 Å². The highest BCUT2D eigenvalue weighted by molar-refractivity contribution is 4.94. The molecule has 1 aromatic rings. The molecule has 0 aromatic carbocycles. The summed E-state index contributed by atoms with van der Waals surface area (Å²) in [6.45, 7) is 2.15. The molecule has 0 aliphatic rings. The number of hydrogen-bond donors (Lipinski definition) is 2. The Labute approximate surface area is 77.6 Å². The smallest absolute Gasteiger partial charge is 0.138 e. The molecule has 0 aliphatic carbocycles. The molecule has 0 spiro atoms. The van der Waals surface area contributed by atoms with Crippen molar-refractivity contribution in [1.82, 2.24) is 14.8 Å². The number of aliphatic hydroxyl groups is 1. The highest BCUT2D eigenvalue weighted by Gasteiger charge is 2.25. The predicted molar refractivity (Wildman–Crippen MR) is 49.0 cm³/mol. The molecule has 0 amide bonds. The van der Waals surface area contributed by atoms with Crippen molar-refractivity contribution in [2.75, 3.05) is 6.54 Å². The molecule has 5 nitrogen and oxygen atoms in total. The van der Waals surface area contributed by atoms with Crippen LogP contribution in [0.1, 0.15) is 19.2 Å². The van der Waals surface area contributed by atoms with E-state index in [1.54, 1.807) is 11.7 Å². The summed E-state index contributed by atoms with van der Waals surface area (Å²) in [6.07, 6.45) is 2.55. The molecular formula is C8H16N4O. The zero-order chi connectivity index (χ0) is 9.90. The second-order valence-electron chi connectivity index (χ2n) is 3.26. The van der Waals surface area contributed by atoms with E-state index in [1.165, 1.54) is 6.33 Å². The van der Waals surface area contributed by atoms with Gasteiger partial charge in [0, 0.05) is 20.0 Å². The SMILES string of the molecule is CCC(O)(CN)Cc1ncnn1C. The summed E-state index contributed by atoms with van der Waals surface area (Å²) in [6, 6.07) is 0. The molecule has 0 fully saturated rings. The molecule has 1 aromatic heterocycles. The van der Waals surface area contributed by atoms with Crippen LogP contribution in [-0.4, -0.2) is 32.0 Å². The Morgan fingerprint density at radius 2 is 2.38 bits per heavy atom. The molecule has 1 rings (SSSR count). The van der Waals surface area contributed by atoms with Gasteiger partial charge in [0.15, 0.2) is 0 Å². The van der Waals surface area contributed by atoms with Crippen molar-refractivity contribution in [1.29, 1.82) is 0 Å². The summed E-state index contributed by atoms with van der Waals surface area (Å²) in [4.78, 5) is 4.03. The summed E-state index contributed by atoms with van der Waals surface area (Å²) in [7, 11) is 1.80. The van der Waals surface area contributed by atoms with Crippen molar-refractivity contribution < 1.29 is 5.11 Å². The second-order valence-corrected chi connectivity index (χ2v) is 3.26. The fourth-order valence-electron chi connectivity index (χ4n) is 1.12. The summed E-state index contributed by atoms with van der Waals surface area (Å²) in [5.41, 5.74) is 4.63. The topological polar surface area (TPSA) is 77.0 Å². The predicted octanol–water partition coefficient (Wildman–Crippen LogP) is -0.543. The maximum absolute atomic E-state index is 9.92. The Hall–Kier alpha value is -0.940. The Balaban J connectivity index is 2.73. The van der Waals surface area contributed by atoms with Crippen molar-refractivity contribution >= 4 is 0 Å². The fraction of sp³-hybridized carbons (Fsp3) is 0.750. The molecule has 0 aliphatic heterocycles. The summed E-state index contributed by atoms with van der Waals surface area (Å²) in [5, 5.41) is 13.8. The lowest BCUT2D eigenvalue weighted by Crippen LogP contribution is -2.40. The van der Waals surface area contributed by atoms with Crippen LogP contribution in [0.5, 0.6) is 0 Å². The lowest BCUT2D eigenvalue weighted by atomic mass is 9.96. The van der Waals surface area contributed by atoms with Crippen LogP contribution in [0.15, 0.2) is 6.33 Å². The third-order valence-corrected chi connectivity index (χ3v) is 2.33. The molecule has 13 heavy (non-hydrogen) atoms. The van der Waals surface area contributed by atoms with Crippen LogP contribution in [0.2, 0.25) is 0 Å². The molecule has 5 heteroatoms. The molecule has 1 atom stereocenters. The van der Waals surface area contributed by atoms with E-state index in [2.05, 4.69) is 10.1 Å². The molecule has 1 unspecified atom stereocenters. The largest absolute Gasteiger partial charge is 0.388 e. The van der Waals surface area contributed by atoms with Crippen LogP contribution in [0, 0.1) is 0 Å². The van der Waals surface area contributed by atoms with Crippen LogP contribution in [0.25, 0.3) is 0 Å². The van der Waals surface area contributed by atoms with Gasteiger partial charge in [-0.15, -0.1) is 0 Å². The molecule has 74 valence electrons. The minimum absolute atomic E-state index is 0.246. The molecule has 0 saturated carbocycles. The van der Waals surface area contributed by atoms with Gasteiger partial charge in [-0.05, 0) is 6.42 Å². The first-order valence-corrected chi connectivity index (χ1v) is 4.36. The van der Waals surface area contributed by atoms with E-state index in [0.29, 0.717) is 12.8 Å². The first-order valence-electron chi connectivity index (χ1n) is 4.36. The zero-order valence-corrected chi connectivity index (χ0v) is 8.06. The van der Waals surface area contributed by atoms with Gasteiger partial charge in [0.2, 0.25) is 0 Å². The monoisotopic (exact) mass is 184 g/mol. The lowest BCUT2D eigenvalue weighted by Gasteiger charge is -2.23. The van der Waals surface area contributed by atoms with Crippen molar-refractivity contribution in [2.24, 2.45) is 12.8 Å². The zero-order valence-electron chi connectivity index (χ0n) is 8.06. The Bertz CT molecular complexity index is 267.